The highest BCUT2D eigenvalue weighted by Crippen LogP contribution is 2.25. The third-order valence-electron chi connectivity index (χ3n) is 5.00. The van der Waals surface area contributed by atoms with Crippen molar-refractivity contribution in [2.24, 2.45) is 11.8 Å². The summed E-state index contributed by atoms with van der Waals surface area (Å²) in [6.45, 7) is 4.42. The number of anilines is 1. The number of nitrogens with zero attached hydrogens (tertiary/aromatic N) is 2. The van der Waals surface area contributed by atoms with Gasteiger partial charge < -0.3 is 15.5 Å². The van der Waals surface area contributed by atoms with E-state index in [0.717, 1.165) is 11.3 Å². The first-order valence-electron chi connectivity index (χ1n) is 9.78. The lowest BCUT2D eigenvalue weighted by molar-refractivity contribution is -0.132. The van der Waals surface area contributed by atoms with E-state index < -0.39 is 12.0 Å². The lowest BCUT2D eigenvalue weighted by atomic mass is 10.0. The molecule has 1 aromatic heterocycles. The van der Waals surface area contributed by atoms with Gasteiger partial charge in [-0.3, -0.25) is 19.4 Å². The number of rotatable bonds is 7. The van der Waals surface area contributed by atoms with Gasteiger partial charge in [-0.2, -0.15) is 0 Å². The minimum absolute atomic E-state index is 0.0847. The van der Waals surface area contributed by atoms with Gasteiger partial charge in [0.1, 0.15) is 6.04 Å². The summed E-state index contributed by atoms with van der Waals surface area (Å²) in [5.41, 5.74) is 1.66. The van der Waals surface area contributed by atoms with E-state index in [1.54, 1.807) is 23.4 Å². The molecule has 7 heteroatoms. The largest absolute Gasteiger partial charge is 0.350 e. The van der Waals surface area contributed by atoms with Crippen LogP contribution in [-0.4, -0.2) is 35.3 Å². The fourth-order valence-corrected chi connectivity index (χ4v) is 3.35. The maximum Gasteiger partial charge on any atom is 0.243 e. The molecule has 29 heavy (non-hydrogen) atoms. The van der Waals surface area contributed by atoms with Crippen molar-refractivity contribution >= 4 is 23.4 Å². The van der Waals surface area contributed by atoms with Crippen LogP contribution < -0.4 is 15.5 Å². The molecule has 2 aromatic rings. The number of amides is 3. The van der Waals surface area contributed by atoms with Crippen molar-refractivity contribution in [1.29, 1.82) is 0 Å². The molecule has 0 aliphatic carbocycles. The van der Waals surface area contributed by atoms with Crippen LogP contribution in [0.1, 0.15) is 25.8 Å². The second-order valence-corrected chi connectivity index (χ2v) is 7.55. The van der Waals surface area contributed by atoms with Crippen molar-refractivity contribution in [3.8, 4) is 0 Å². The van der Waals surface area contributed by atoms with Crippen molar-refractivity contribution < 1.29 is 14.4 Å². The average Bonchev–Trinajstić information content (AvgIpc) is 3.13. The van der Waals surface area contributed by atoms with Crippen LogP contribution in [0.15, 0.2) is 54.9 Å². The van der Waals surface area contributed by atoms with Crippen LogP contribution in [0.2, 0.25) is 0 Å². The van der Waals surface area contributed by atoms with E-state index in [-0.39, 0.29) is 30.1 Å². The fraction of sp³-hybridized carbons (Fsp3) is 0.364. The molecular weight excluding hydrogens is 368 g/mol. The topological polar surface area (TPSA) is 91.4 Å². The summed E-state index contributed by atoms with van der Waals surface area (Å²) in [5.74, 6) is -1.17. The summed E-state index contributed by atoms with van der Waals surface area (Å²) in [6.07, 6.45) is 3.50. The van der Waals surface area contributed by atoms with Crippen LogP contribution in [0.25, 0.3) is 0 Å². The van der Waals surface area contributed by atoms with E-state index in [1.807, 2.05) is 50.2 Å². The highest BCUT2D eigenvalue weighted by Gasteiger charge is 2.37. The van der Waals surface area contributed by atoms with Crippen LogP contribution in [0.5, 0.6) is 0 Å². The molecule has 1 saturated heterocycles. The molecule has 0 saturated carbocycles. The Bertz CT molecular complexity index is 855. The van der Waals surface area contributed by atoms with Gasteiger partial charge in [0, 0.05) is 37.6 Å². The van der Waals surface area contributed by atoms with Crippen LogP contribution in [-0.2, 0) is 20.9 Å². The zero-order valence-corrected chi connectivity index (χ0v) is 16.7. The van der Waals surface area contributed by atoms with Crippen molar-refractivity contribution in [3.05, 3.63) is 60.4 Å². The smallest absolute Gasteiger partial charge is 0.243 e. The summed E-state index contributed by atoms with van der Waals surface area (Å²) in [6, 6.07) is 12.3. The Morgan fingerprint density at radius 2 is 1.93 bits per heavy atom. The molecular formula is C22H26N4O3. The van der Waals surface area contributed by atoms with Gasteiger partial charge in [-0.05, 0) is 29.7 Å². The van der Waals surface area contributed by atoms with Crippen molar-refractivity contribution in [3.63, 3.8) is 0 Å². The predicted molar refractivity (Wildman–Crippen MR) is 110 cm³/mol. The molecule has 0 unspecified atom stereocenters. The highest BCUT2D eigenvalue weighted by atomic mass is 16.2. The summed E-state index contributed by atoms with van der Waals surface area (Å²) in [5, 5.41) is 5.69. The minimum Gasteiger partial charge on any atom is -0.350 e. The SMILES string of the molecule is CC(C)[C@H](NC(=O)[C@@H]1CC(=O)N(c2ccccc2)C1)C(=O)NCc1cccnc1. The van der Waals surface area contributed by atoms with Crippen LogP contribution >= 0.6 is 0 Å². The lowest BCUT2D eigenvalue weighted by Crippen LogP contribution is -2.51. The first-order valence-corrected chi connectivity index (χ1v) is 9.78. The van der Waals surface area contributed by atoms with Gasteiger partial charge in [-0.25, -0.2) is 0 Å². The van der Waals surface area contributed by atoms with Gasteiger partial charge in [0.25, 0.3) is 0 Å². The monoisotopic (exact) mass is 394 g/mol. The van der Waals surface area contributed by atoms with Gasteiger partial charge >= 0.3 is 0 Å². The molecule has 2 heterocycles. The van der Waals surface area contributed by atoms with Gasteiger partial charge in [-0.15, -0.1) is 0 Å². The Hall–Kier alpha value is -3.22. The zero-order chi connectivity index (χ0) is 20.8. The number of nitrogens with one attached hydrogen (secondary N) is 2. The molecule has 152 valence electrons. The molecule has 0 bridgehead atoms. The normalized spacial score (nSPS) is 17.3. The Balaban J connectivity index is 1.59. The number of carbonyl (C=O) groups excluding carboxylic acids is 3. The fourth-order valence-electron chi connectivity index (χ4n) is 3.35. The van der Waals surface area contributed by atoms with Crippen LogP contribution in [0.4, 0.5) is 5.69 Å². The number of hydrogen-bond donors (Lipinski definition) is 2. The summed E-state index contributed by atoms with van der Waals surface area (Å²) in [4.78, 5) is 43.4. The minimum atomic E-state index is -0.667. The molecule has 1 aliphatic rings. The quantitative estimate of drug-likeness (QED) is 0.750. The molecule has 7 nitrogen and oxygen atoms in total. The van der Waals surface area contributed by atoms with Crippen LogP contribution in [0.3, 0.4) is 0 Å². The van der Waals surface area contributed by atoms with Gasteiger partial charge in [0.05, 0.1) is 5.92 Å². The molecule has 2 N–H and O–H groups in total. The molecule has 1 fully saturated rings. The van der Waals surface area contributed by atoms with E-state index in [2.05, 4.69) is 15.6 Å². The highest BCUT2D eigenvalue weighted by molar-refractivity contribution is 6.01. The zero-order valence-electron chi connectivity index (χ0n) is 16.7. The van der Waals surface area contributed by atoms with Gasteiger partial charge in [0.15, 0.2) is 0 Å². The third kappa shape index (κ3) is 5.19. The van der Waals surface area contributed by atoms with Crippen molar-refractivity contribution in [1.82, 2.24) is 15.6 Å². The van der Waals surface area contributed by atoms with Gasteiger partial charge in [-0.1, -0.05) is 38.1 Å². The molecule has 2 atom stereocenters. The molecule has 3 amide bonds. The Kier molecular flexibility index (Phi) is 6.59. The lowest BCUT2D eigenvalue weighted by Gasteiger charge is -2.23. The summed E-state index contributed by atoms with van der Waals surface area (Å²) in [7, 11) is 0. The van der Waals surface area contributed by atoms with E-state index in [1.165, 1.54) is 0 Å². The molecule has 1 aliphatic heterocycles. The number of carbonyl (C=O) groups is 3. The molecule has 0 radical (unpaired) electrons. The number of benzene rings is 1. The number of pyridine rings is 1. The van der Waals surface area contributed by atoms with E-state index >= 15 is 0 Å². The first-order chi connectivity index (χ1) is 14.0. The number of para-hydroxylation sites is 1. The molecule has 1 aromatic carbocycles. The standard InChI is InChI=1S/C22H26N4O3/c1-15(2)20(22(29)24-13-16-7-6-10-23-12-16)25-21(28)17-11-19(27)26(14-17)18-8-4-3-5-9-18/h3-10,12,15,17,20H,11,13-14H2,1-2H3,(H,24,29)(H,25,28)/t17-,20+/m1/s1. The molecule has 3 rings (SSSR count). The number of hydrogen-bond acceptors (Lipinski definition) is 4. The Morgan fingerprint density at radius 1 is 1.17 bits per heavy atom. The third-order valence-corrected chi connectivity index (χ3v) is 5.00. The predicted octanol–water partition coefficient (Wildman–Crippen LogP) is 1.89. The second-order valence-electron chi connectivity index (χ2n) is 7.55. The van der Waals surface area contributed by atoms with E-state index in [4.69, 9.17) is 0 Å². The van der Waals surface area contributed by atoms with Crippen molar-refractivity contribution in [2.75, 3.05) is 11.4 Å². The Morgan fingerprint density at radius 3 is 2.59 bits per heavy atom. The van der Waals surface area contributed by atoms with Crippen molar-refractivity contribution in [2.45, 2.75) is 32.9 Å². The molecule has 0 spiro atoms. The average molecular weight is 394 g/mol. The summed E-state index contributed by atoms with van der Waals surface area (Å²) >= 11 is 0. The first kappa shape index (κ1) is 20.5. The van der Waals surface area contributed by atoms with Crippen LogP contribution in [0, 0.1) is 11.8 Å². The van der Waals surface area contributed by atoms with E-state index in [0.29, 0.717) is 13.1 Å². The summed E-state index contributed by atoms with van der Waals surface area (Å²) < 4.78 is 0. The van der Waals surface area contributed by atoms with E-state index in [9.17, 15) is 14.4 Å². The maximum atomic E-state index is 12.8. The maximum absolute atomic E-state index is 12.8. The number of aromatic nitrogens is 1. The second kappa shape index (κ2) is 9.32. The Labute approximate surface area is 170 Å². The van der Waals surface area contributed by atoms with Gasteiger partial charge in [0.2, 0.25) is 17.7 Å².